The van der Waals surface area contributed by atoms with Crippen LogP contribution < -0.4 is 0 Å². The minimum absolute atomic E-state index is 0.148. The van der Waals surface area contributed by atoms with Crippen LogP contribution in [0.25, 0.3) is 0 Å². The van der Waals surface area contributed by atoms with Gasteiger partial charge in [-0.3, -0.25) is 20.2 Å². The number of esters is 1. The Balaban J connectivity index is 1.28. The fourth-order valence-corrected chi connectivity index (χ4v) is 9.33. The highest BCUT2D eigenvalue weighted by Gasteiger charge is 2.58. The van der Waals surface area contributed by atoms with Crippen molar-refractivity contribution >= 4 is 17.3 Å². The summed E-state index contributed by atoms with van der Waals surface area (Å²) < 4.78 is 5.85. The Morgan fingerprint density at radius 3 is 2.16 bits per heavy atom. The molecule has 8 heteroatoms. The molecule has 0 unspecified atom stereocenters. The molecule has 8 nitrogen and oxygen atoms in total. The summed E-state index contributed by atoms with van der Waals surface area (Å²) in [4.78, 5) is 34.1. The van der Waals surface area contributed by atoms with Crippen LogP contribution >= 0.6 is 0 Å². The molecule has 43 heavy (non-hydrogen) atoms. The Hall–Kier alpha value is -3.03. The normalized spacial score (nSPS) is 35.0. The van der Waals surface area contributed by atoms with Crippen LogP contribution in [0.2, 0.25) is 0 Å². The molecule has 4 aliphatic carbocycles. The number of carbonyl (C=O) groups is 1. The summed E-state index contributed by atoms with van der Waals surface area (Å²) in [5.74, 6) is 3.42. The van der Waals surface area contributed by atoms with Gasteiger partial charge in [0.25, 0.3) is 11.4 Å². The van der Waals surface area contributed by atoms with E-state index in [-0.39, 0.29) is 17.1 Å². The molecule has 1 aromatic carbocycles. The predicted molar refractivity (Wildman–Crippen MR) is 166 cm³/mol. The monoisotopic (exact) mass is 592 g/mol. The molecule has 0 spiro atoms. The average Bonchev–Trinajstić information content (AvgIpc) is 3.32. The highest BCUT2D eigenvalue weighted by Crippen LogP contribution is 2.67. The highest BCUT2D eigenvalue weighted by atomic mass is 16.6. The summed E-state index contributed by atoms with van der Waals surface area (Å²) in [6.45, 7) is 14.3. The molecule has 0 aliphatic heterocycles. The molecular formula is C35H48N2O6. The third-order valence-electron chi connectivity index (χ3n) is 12.3. The van der Waals surface area contributed by atoms with Crippen LogP contribution in [0.15, 0.2) is 42.0 Å². The molecule has 0 bridgehead atoms. The van der Waals surface area contributed by atoms with Crippen molar-refractivity contribution in [1.82, 2.24) is 0 Å². The molecule has 5 rings (SSSR count). The Kier molecular flexibility index (Phi) is 8.62. The number of rotatable bonds is 8. The molecular weight excluding hydrogens is 544 g/mol. The maximum absolute atomic E-state index is 13.0. The van der Waals surface area contributed by atoms with Crippen molar-refractivity contribution in [2.75, 3.05) is 0 Å². The number of hydrogen-bond acceptors (Lipinski definition) is 6. The summed E-state index contributed by atoms with van der Waals surface area (Å²) in [6, 6.07) is 2.99. The van der Waals surface area contributed by atoms with Crippen LogP contribution in [0.5, 0.6) is 0 Å². The van der Waals surface area contributed by atoms with E-state index >= 15 is 0 Å². The Labute approximate surface area is 255 Å². The lowest BCUT2D eigenvalue weighted by Crippen LogP contribution is -2.50. The second kappa shape index (κ2) is 11.8. The predicted octanol–water partition coefficient (Wildman–Crippen LogP) is 9.09. The third kappa shape index (κ3) is 5.78. The quantitative estimate of drug-likeness (QED) is 0.129. The lowest BCUT2D eigenvalue weighted by Gasteiger charge is -2.58. The first-order valence-electron chi connectivity index (χ1n) is 16.3. The second-order valence-electron chi connectivity index (χ2n) is 14.9. The molecule has 0 saturated heterocycles. The zero-order valence-electron chi connectivity index (χ0n) is 26.6. The molecule has 1 aromatic rings. The maximum Gasteiger partial charge on any atom is 0.338 e. The molecule has 9 atom stereocenters. The SMILES string of the molecule is CC(C)[C@@H](C)/C=C/[C@@H](C)[C@@H]1CC[C@@H]2C3=CC[C@@H]4C[C@H](OC(=O)c5cc([N+](=O)[O-])cc([N+](=O)[O-])c5)CC[C@@]4(C)[C@@H]3CC[C@@]21C. The van der Waals surface area contributed by atoms with Crippen molar-refractivity contribution in [3.63, 3.8) is 0 Å². The van der Waals surface area contributed by atoms with E-state index in [1.165, 1.54) is 25.7 Å². The van der Waals surface area contributed by atoms with E-state index in [4.69, 9.17) is 4.74 Å². The second-order valence-corrected chi connectivity index (χ2v) is 14.9. The van der Waals surface area contributed by atoms with E-state index < -0.39 is 27.2 Å². The Morgan fingerprint density at radius 2 is 1.53 bits per heavy atom. The minimum Gasteiger partial charge on any atom is -0.459 e. The zero-order valence-corrected chi connectivity index (χ0v) is 26.6. The number of allylic oxidation sites excluding steroid dienone is 4. The van der Waals surface area contributed by atoms with E-state index in [9.17, 15) is 25.0 Å². The molecule has 0 radical (unpaired) electrons. The smallest absolute Gasteiger partial charge is 0.338 e. The topological polar surface area (TPSA) is 113 Å². The molecule has 234 valence electrons. The van der Waals surface area contributed by atoms with Crippen LogP contribution in [0.3, 0.4) is 0 Å². The van der Waals surface area contributed by atoms with Crippen molar-refractivity contribution in [3.05, 3.63) is 67.8 Å². The van der Waals surface area contributed by atoms with Gasteiger partial charge in [0.1, 0.15) is 6.10 Å². The summed E-state index contributed by atoms with van der Waals surface area (Å²) in [5, 5.41) is 22.6. The van der Waals surface area contributed by atoms with Crippen LogP contribution in [-0.4, -0.2) is 21.9 Å². The van der Waals surface area contributed by atoms with Gasteiger partial charge in [-0.1, -0.05) is 65.3 Å². The third-order valence-corrected chi connectivity index (χ3v) is 12.3. The van der Waals surface area contributed by atoms with Crippen molar-refractivity contribution in [1.29, 1.82) is 0 Å². The molecule has 0 N–H and O–H groups in total. The van der Waals surface area contributed by atoms with Crippen molar-refractivity contribution in [2.24, 2.45) is 52.3 Å². The molecule has 3 fully saturated rings. The first-order valence-corrected chi connectivity index (χ1v) is 16.3. The van der Waals surface area contributed by atoms with Gasteiger partial charge in [-0.25, -0.2) is 4.79 Å². The molecule has 0 heterocycles. The van der Waals surface area contributed by atoms with E-state index in [0.717, 1.165) is 43.9 Å². The van der Waals surface area contributed by atoms with E-state index in [1.54, 1.807) is 5.57 Å². The average molecular weight is 593 g/mol. The van der Waals surface area contributed by atoms with E-state index in [0.29, 0.717) is 46.8 Å². The summed E-state index contributed by atoms with van der Waals surface area (Å²) in [5.41, 5.74) is 1.07. The van der Waals surface area contributed by atoms with Gasteiger partial charge in [0.15, 0.2) is 0 Å². The van der Waals surface area contributed by atoms with E-state index in [2.05, 4.69) is 59.8 Å². The number of hydrogen-bond donors (Lipinski definition) is 0. The van der Waals surface area contributed by atoms with Crippen molar-refractivity contribution < 1.29 is 19.4 Å². The fourth-order valence-electron chi connectivity index (χ4n) is 9.33. The highest BCUT2D eigenvalue weighted by molar-refractivity contribution is 5.91. The van der Waals surface area contributed by atoms with Crippen LogP contribution in [0.4, 0.5) is 11.4 Å². The number of nitro groups is 2. The van der Waals surface area contributed by atoms with Crippen LogP contribution in [-0.2, 0) is 4.74 Å². The van der Waals surface area contributed by atoms with Gasteiger partial charge in [-0.15, -0.1) is 0 Å². The summed E-state index contributed by atoms with van der Waals surface area (Å²) in [7, 11) is 0. The number of carbonyl (C=O) groups excluding carboxylic acids is 1. The maximum atomic E-state index is 13.0. The largest absolute Gasteiger partial charge is 0.459 e. The van der Waals surface area contributed by atoms with Gasteiger partial charge in [0, 0.05) is 12.1 Å². The van der Waals surface area contributed by atoms with Gasteiger partial charge in [0.05, 0.1) is 21.5 Å². The zero-order chi connectivity index (χ0) is 31.3. The molecule has 4 aliphatic rings. The number of non-ortho nitro benzene ring substituents is 2. The minimum atomic E-state index is -0.733. The molecule has 0 aromatic heterocycles. The van der Waals surface area contributed by atoms with Gasteiger partial charge in [0.2, 0.25) is 0 Å². The lowest BCUT2D eigenvalue weighted by molar-refractivity contribution is -0.394. The summed E-state index contributed by atoms with van der Waals surface area (Å²) >= 11 is 0. The first kappa shape index (κ1) is 31.4. The van der Waals surface area contributed by atoms with Crippen LogP contribution in [0, 0.1) is 72.5 Å². The van der Waals surface area contributed by atoms with Crippen molar-refractivity contribution in [3.8, 4) is 0 Å². The fraction of sp³-hybridized carbons (Fsp3) is 0.686. The van der Waals surface area contributed by atoms with Gasteiger partial charge in [-0.2, -0.15) is 0 Å². The number of ether oxygens (including phenoxy) is 1. The van der Waals surface area contributed by atoms with Crippen molar-refractivity contribution in [2.45, 2.75) is 99.0 Å². The van der Waals surface area contributed by atoms with Gasteiger partial charge < -0.3 is 4.74 Å². The van der Waals surface area contributed by atoms with Gasteiger partial charge >= 0.3 is 5.97 Å². The van der Waals surface area contributed by atoms with Gasteiger partial charge in [-0.05, 0) is 104 Å². The standard InChI is InChI=1S/C35H48N2O6/c1-21(2)22(3)7-8-23(4)30-11-12-31-29-10-9-25-19-28(13-15-34(25,5)32(29)14-16-35(30,31)6)43-33(38)24-17-26(36(39)40)20-27(18-24)37(41)42/h7-8,10,17-18,20-23,25,28,30-32H,9,11-16,19H2,1-6H3/b8-7+/t22-,23+,25+,28+,30-,31+,32+,34+,35+/m0/s1. The number of benzene rings is 1. The summed E-state index contributed by atoms with van der Waals surface area (Å²) in [6.07, 6.45) is 15.6. The molecule has 3 saturated carbocycles. The Morgan fingerprint density at radius 1 is 0.907 bits per heavy atom. The Bertz CT molecular complexity index is 1300. The van der Waals surface area contributed by atoms with E-state index in [1.807, 2.05) is 0 Å². The lowest BCUT2D eigenvalue weighted by atomic mass is 9.47. The molecule has 0 amide bonds. The first-order chi connectivity index (χ1) is 20.2. The number of nitrogens with zero attached hydrogens (tertiary/aromatic N) is 2. The van der Waals surface area contributed by atoms with Crippen LogP contribution in [0.1, 0.15) is 103 Å². The number of nitro benzene ring substituents is 2. The number of fused-ring (bicyclic) bond motifs is 5.